The Morgan fingerprint density at radius 3 is 3.00 bits per heavy atom. The molecule has 2 atom stereocenters. The van der Waals surface area contributed by atoms with Crippen molar-refractivity contribution in [3.05, 3.63) is 34.7 Å². The monoisotopic (exact) mass is 360 g/mol. The van der Waals surface area contributed by atoms with E-state index >= 15 is 0 Å². The minimum atomic E-state index is -0.324. The molecular formula is C17H20N4O3S. The van der Waals surface area contributed by atoms with Gasteiger partial charge in [-0.2, -0.15) is 5.10 Å². The van der Waals surface area contributed by atoms with Gasteiger partial charge in [-0.1, -0.05) is 6.92 Å². The van der Waals surface area contributed by atoms with E-state index in [1.807, 2.05) is 12.1 Å². The highest BCUT2D eigenvalue weighted by atomic mass is 32.1. The molecule has 0 bridgehead atoms. The summed E-state index contributed by atoms with van der Waals surface area (Å²) < 4.78 is 11.0. The van der Waals surface area contributed by atoms with Gasteiger partial charge in [0, 0.05) is 24.4 Å². The lowest BCUT2D eigenvalue weighted by Gasteiger charge is -2.25. The summed E-state index contributed by atoms with van der Waals surface area (Å²) in [6.45, 7) is 5.19. The van der Waals surface area contributed by atoms with Gasteiger partial charge in [0.1, 0.15) is 17.2 Å². The van der Waals surface area contributed by atoms with Crippen LogP contribution in [0.2, 0.25) is 0 Å². The van der Waals surface area contributed by atoms with E-state index in [2.05, 4.69) is 27.3 Å². The van der Waals surface area contributed by atoms with Crippen LogP contribution in [0.5, 0.6) is 0 Å². The normalized spacial score (nSPS) is 23.2. The molecule has 3 heterocycles. The van der Waals surface area contributed by atoms with Crippen molar-refractivity contribution in [1.82, 2.24) is 10.4 Å². The van der Waals surface area contributed by atoms with Crippen molar-refractivity contribution < 1.29 is 13.9 Å². The number of hydrogen-bond donors (Lipinski definition) is 1. The molecule has 1 N–H and O–H groups in total. The smallest absolute Gasteiger partial charge is 0.290 e. The van der Waals surface area contributed by atoms with Crippen molar-refractivity contribution in [2.75, 3.05) is 31.2 Å². The molecule has 25 heavy (non-hydrogen) atoms. The third-order valence-corrected chi connectivity index (χ3v) is 5.39. The molecule has 1 saturated carbocycles. The van der Waals surface area contributed by atoms with E-state index in [-0.39, 0.29) is 5.91 Å². The summed E-state index contributed by atoms with van der Waals surface area (Å²) in [5, 5.41) is 6.55. The van der Waals surface area contributed by atoms with Gasteiger partial charge < -0.3 is 14.1 Å². The van der Waals surface area contributed by atoms with Crippen molar-refractivity contribution in [2.24, 2.45) is 11.0 Å². The number of thiazole rings is 1. The van der Waals surface area contributed by atoms with Gasteiger partial charge >= 0.3 is 0 Å². The minimum absolute atomic E-state index is 0.324. The minimum Gasteiger partial charge on any atom is -0.460 e. The van der Waals surface area contributed by atoms with E-state index in [9.17, 15) is 4.79 Å². The lowest BCUT2D eigenvalue weighted by atomic mass is 10.3. The Kier molecular flexibility index (Phi) is 4.54. The quantitative estimate of drug-likeness (QED) is 0.654. The largest absolute Gasteiger partial charge is 0.460 e. The lowest BCUT2D eigenvalue weighted by molar-refractivity contribution is 0.0951. The number of ether oxygens (including phenoxy) is 1. The Morgan fingerprint density at radius 2 is 2.24 bits per heavy atom. The van der Waals surface area contributed by atoms with Gasteiger partial charge in [0.15, 0.2) is 5.13 Å². The molecule has 0 aromatic carbocycles. The zero-order valence-electron chi connectivity index (χ0n) is 14.0. The summed E-state index contributed by atoms with van der Waals surface area (Å²) in [4.78, 5) is 18.6. The molecule has 132 valence electrons. The molecule has 0 unspecified atom stereocenters. The second-order valence-corrected chi connectivity index (χ2v) is 7.21. The van der Waals surface area contributed by atoms with Crippen LogP contribution in [0.15, 0.2) is 27.0 Å². The van der Waals surface area contributed by atoms with Crippen molar-refractivity contribution in [3.8, 4) is 0 Å². The highest BCUT2D eigenvalue weighted by Crippen LogP contribution is 2.47. The Morgan fingerprint density at radius 1 is 1.44 bits per heavy atom. The first-order valence-corrected chi connectivity index (χ1v) is 9.30. The number of aromatic nitrogens is 1. The summed E-state index contributed by atoms with van der Waals surface area (Å²) in [6.07, 6.45) is 2.69. The molecule has 2 aliphatic rings. The first-order chi connectivity index (χ1) is 12.2. The van der Waals surface area contributed by atoms with Crippen LogP contribution in [-0.4, -0.2) is 43.4 Å². The molecule has 2 aromatic heterocycles. The van der Waals surface area contributed by atoms with Crippen LogP contribution >= 0.6 is 11.3 Å². The van der Waals surface area contributed by atoms with Crippen LogP contribution in [0.4, 0.5) is 5.13 Å². The van der Waals surface area contributed by atoms with Crippen LogP contribution < -0.4 is 10.3 Å². The summed E-state index contributed by atoms with van der Waals surface area (Å²) in [5.74, 6) is 2.54. The number of carbonyl (C=O) groups is 1. The number of amides is 1. The lowest BCUT2D eigenvalue weighted by Crippen LogP contribution is -2.36. The predicted octanol–water partition coefficient (Wildman–Crippen LogP) is 2.46. The molecule has 2 aromatic rings. The Labute approximate surface area is 149 Å². The molecule has 8 heteroatoms. The van der Waals surface area contributed by atoms with E-state index in [1.165, 1.54) is 24.0 Å². The number of carbonyl (C=O) groups excluding carboxylic acids is 1. The molecule has 1 saturated heterocycles. The van der Waals surface area contributed by atoms with Gasteiger partial charge in [-0.05, 0) is 24.5 Å². The van der Waals surface area contributed by atoms with Gasteiger partial charge in [-0.25, -0.2) is 10.4 Å². The maximum atomic E-state index is 12.1. The van der Waals surface area contributed by atoms with Crippen LogP contribution in [-0.2, 0) is 4.74 Å². The molecular weight excluding hydrogens is 340 g/mol. The second kappa shape index (κ2) is 6.97. The second-order valence-electron chi connectivity index (χ2n) is 6.37. The number of nitrogens with one attached hydrogen (secondary N) is 1. The number of rotatable bonds is 5. The van der Waals surface area contributed by atoms with Crippen LogP contribution in [0.1, 0.15) is 41.3 Å². The zero-order chi connectivity index (χ0) is 17.2. The maximum Gasteiger partial charge on any atom is 0.290 e. The number of nitrogens with zero attached hydrogens (tertiary/aromatic N) is 3. The first-order valence-electron chi connectivity index (χ1n) is 8.42. The average Bonchev–Trinajstić information content (AvgIpc) is 3.07. The first kappa shape index (κ1) is 16.3. The third-order valence-electron chi connectivity index (χ3n) is 4.49. The fourth-order valence-corrected chi connectivity index (χ4v) is 3.70. The van der Waals surface area contributed by atoms with Gasteiger partial charge in [-0.3, -0.25) is 4.79 Å². The van der Waals surface area contributed by atoms with Gasteiger partial charge in [-0.15, -0.1) is 11.3 Å². The maximum absolute atomic E-state index is 12.1. The Bertz CT molecular complexity index is 778. The molecule has 4 rings (SSSR count). The summed E-state index contributed by atoms with van der Waals surface area (Å²) in [6, 6.07) is 3.85. The number of morpholine rings is 1. The van der Waals surface area contributed by atoms with E-state index < -0.39 is 0 Å². The number of furan rings is 1. The molecule has 1 aliphatic carbocycles. The van der Waals surface area contributed by atoms with Gasteiger partial charge in [0.05, 0.1) is 19.4 Å². The summed E-state index contributed by atoms with van der Waals surface area (Å²) >= 11 is 1.46. The standard InChI is InChI=1S/C17H20N4O3S/c1-11-8-13(11)15-3-2-12(24-15)9-18-20-16(22)14-10-25-17(19-14)21-4-6-23-7-5-21/h2-3,9-11,13H,4-8H2,1H3,(H,20,22)/b18-9-/t11-,13-/m0/s1. The predicted molar refractivity (Wildman–Crippen MR) is 95.4 cm³/mol. The van der Waals surface area contributed by atoms with E-state index in [0.29, 0.717) is 36.5 Å². The Balaban J connectivity index is 1.32. The van der Waals surface area contributed by atoms with E-state index in [0.717, 1.165) is 24.0 Å². The third kappa shape index (κ3) is 3.74. The van der Waals surface area contributed by atoms with Gasteiger partial charge in [0.2, 0.25) is 0 Å². The molecule has 1 aliphatic heterocycles. The molecule has 7 nitrogen and oxygen atoms in total. The number of hydrogen-bond acceptors (Lipinski definition) is 7. The highest BCUT2D eigenvalue weighted by molar-refractivity contribution is 7.13. The summed E-state index contributed by atoms with van der Waals surface area (Å²) in [7, 11) is 0. The van der Waals surface area contributed by atoms with E-state index in [1.54, 1.807) is 5.38 Å². The molecule has 0 spiro atoms. The number of anilines is 1. The Hall–Kier alpha value is -2.19. The summed E-state index contributed by atoms with van der Waals surface area (Å²) in [5.41, 5.74) is 2.87. The SMILES string of the molecule is C[C@H]1C[C@@H]1c1ccc(/C=N\NC(=O)c2csc(N3CCOCC3)n2)o1. The number of hydrazone groups is 1. The van der Waals surface area contributed by atoms with E-state index in [4.69, 9.17) is 9.15 Å². The molecule has 0 radical (unpaired) electrons. The van der Waals surface area contributed by atoms with Crippen LogP contribution in [0, 0.1) is 5.92 Å². The topological polar surface area (TPSA) is 80.0 Å². The van der Waals surface area contributed by atoms with Crippen LogP contribution in [0.3, 0.4) is 0 Å². The van der Waals surface area contributed by atoms with Crippen LogP contribution in [0.25, 0.3) is 0 Å². The zero-order valence-corrected chi connectivity index (χ0v) is 14.8. The average molecular weight is 360 g/mol. The van der Waals surface area contributed by atoms with Crippen molar-refractivity contribution in [3.63, 3.8) is 0 Å². The highest BCUT2D eigenvalue weighted by Gasteiger charge is 2.36. The van der Waals surface area contributed by atoms with Gasteiger partial charge in [0.25, 0.3) is 5.91 Å². The van der Waals surface area contributed by atoms with Crippen molar-refractivity contribution >= 4 is 28.6 Å². The fourth-order valence-electron chi connectivity index (χ4n) is 2.84. The van der Waals surface area contributed by atoms with Crippen molar-refractivity contribution in [2.45, 2.75) is 19.3 Å². The molecule has 2 fully saturated rings. The molecule has 1 amide bonds. The van der Waals surface area contributed by atoms with Crippen molar-refractivity contribution in [1.29, 1.82) is 0 Å². The fraction of sp³-hybridized carbons (Fsp3) is 0.471.